The summed E-state index contributed by atoms with van der Waals surface area (Å²) in [7, 11) is 0. The molecule has 4 nitrogen and oxygen atoms in total. The summed E-state index contributed by atoms with van der Waals surface area (Å²) in [6.45, 7) is 1.70. The summed E-state index contributed by atoms with van der Waals surface area (Å²) < 4.78 is 5.40. The molecule has 1 aliphatic heterocycles. The largest absolute Gasteiger partial charge is 0.371 e. The highest BCUT2D eigenvalue weighted by Crippen LogP contribution is 2.29. The summed E-state index contributed by atoms with van der Waals surface area (Å²) in [5, 5.41) is 0. The maximum absolute atomic E-state index is 5.40. The van der Waals surface area contributed by atoms with E-state index in [4.69, 9.17) is 4.74 Å². The van der Waals surface area contributed by atoms with Gasteiger partial charge in [0.05, 0.1) is 30.3 Å². The number of rotatable bonds is 4. The van der Waals surface area contributed by atoms with Crippen LogP contribution in [-0.4, -0.2) is 29.2 Å². The molecule has 0 radical (unpaired) electrons. The van der Waals surface area contributed by atoms with Crippen LogP contribution in [0.4, 0.5) is 11.4 Å². The van der Waals surface area contributed by atoms with Crippen molar-refractivity contribution in [3.8, 4) is 0 Å². The van der Waals surface area contributed by atoms with Gasteiger partial charge in [-0.25, -0.2) is 0 Å². The summed E-state index contributed by atoms with van der Waals surface area (Å²) in [6.07, 6.45) is 3.76. The van der Waals surface area contributed by atoms with Crippen LogP contribution in [0.25, 0.3) is 11.0 Å². The molecule has 4 rings (SSSR count). The Labute approximate surface area is 123 Å². The van der Waals surface area contributed by atoms with Crippen molar-refractivity contribution in [2.24, 2.45) is 0 Å². The van der Waals surface area contributed by atoms with Crippen molar-refractivity contribution in [2.75, 3.05) is 18.1 Å². The molecule has 1 aromatic heterocycles. The lowest BCUT2D eigenvalue weighted by Gasteiger charge is -2.24. The van der Waals surface area contributed by atoms with Crippen molar-refractivity contribution < 1.29 is 4.74 Å². The molecule has 4 heteroatoms. The van der Waals surface area contributed by atoms with E-state index in [0.717, 1.165) is 35.6 Å². The minimum atomic E-state index is 0.322. The Hall–Kier alpha value is -2.46. The number of benzene rings is 2. The van der Waals surface area contributed by atoms with Crippen molar-refractivity contribution in [3.05, 3.63) is 60.9 Å². The van der Waals surface area contributed by atoms with Gasteiger partial charge in [0, 0.05) is 23.8 Å². The molecule has 2 heterocycles. The molecule has 1 unspecified atom stereocenters. The van der Waals surface area contributed by atoms with Gasteiger partial charge in [0.1, 0.15) is 0 Å². The van der Waals surface area contributed by atoms with E-state index in [2.05, 4.69) is 51.3 Å². The highest BCUT2D eigenvalue weighted by Gasteiger charge is 2.26. The Balaban J connectivity index is 1.76. The van der Waals surface area contributed by atoms with Crippen molar-refractivity contribution in [1.82, 2.24) is 9.97 Å². The number of fused-ring (bicyclic) bond motifs is 1. The average molecular weight is 277 g/mol. The smallest absolute Gasteiger partial charge is 0.0988 e. The highest BCUT2D eigenvalue weighted by atomic mass is 16.6. The molecule has 0 N–H and O–H groups in total. The maximum Gasteiger partial charge on any atom is 0.0988 e. The monoisotopic (exact) mass is 277 g/mol. The van der Waals surface area contributed by atoms with Crippen LogP contribution in [0.1, 0.15) is 0 Å². The topological polar surface area (TPSA) is 41.5 Å². The second-order valence-electron chi connectivity index (χ2n) is 5.13. The van der Waals surface area contributed by atoms with Gasteiger partial charge in [-0.15, -0.1) is 0 Å². The summed E-state index contributed by atoms with van der Waals surface area (Å²) in [5.41, 5.74) is 4.10. The van der Waals surface area contributed by atoms with Gasteiger partial charge in [-0.3, -0.25) is 9.97 Å². The molecule has 0 bridgehead atoms. The van der Waals surface area contributed by atoms with E-state index in [1.54, 1.807) is 12.4 Å². The van der Waals surface area contributed by atoms with E-state index in [1.165, 1.54) is 0 Å². The molecule has 0 aliphatic carbocycles. The fraction of sp³-hybridized carbons (Fsp3) is 0.176. The zero-order valence-corrected chi connectivity index (χ0v) is 11.5. The molecule has 0 saturated carbocycles. The molecule has 1 fully saturated rings. The predicted octanol–water partition coefficient (Wildman–Crippen LogP) is 3.17. The second-order valence-corrected chi connectivity index (χ2v) is 5.13. The first-order valence-corrected chi connectivity index (χ1v) is 7.05. The minimum absolute atomic E-state index is 0.322. The Bertz CT molecular complexity index is 756. The Kier molecular flexibility index (Phi) is 3.01. The Morgan fingerprint density at radius 3 is 2.48 bits per heavy atom. The van der Waals surface area contributed by atoms with Gasteiger partial charge < -0.3 is 9.64 Å². The lowest BCUT2D eigenvalue weighted by molar-refractivity contribution is 0.411. The zero-order valence-electron chi connectivity index (χ0n) is 11.5. The molecular weight excluding hydrogens is 262 g/mol. The number of hydrogen-bond acceptors (Lipinski definition) is 4. The average Bonchev–Trinajstić information content (AvgIpc) is 3.37. The van der Waals surface area contributed by atoms with E-state index < -0.39 is 0 Å². The molecule has 0 spiro atoms. The number of hydrogen-bond donors (Lipinski definition) is 0. The number of aromatic nitrogens is 2. The lowest BCUT2D eigenvalue weighted by Crippen LogP contribution is -2.22. The van der Waals surface area contributed by atoms with Gasteiger partial charge in [0.25, 0.3) is 0 Å². The first-order valence-electron chi connectivity index (χ1n) is 7.05. The SMILES string of the molecule is c1ccc(N(CC2CO2)c2ccc3nccnc3c2)cc1. The number of epoxide rings is 1. The van der Waals surface area contributed by atoms with Crippen LogP contribution in [0.15, 0.2) is 60.9 Å². The fourth-order valence-corrected chi connectivity index (χ4v) is 2.46. The molecule has 21 heavy (non-hydrogen) atoms. The van der Waals surface area contributed by atoms with E-state index in [0.29, 0.717) is 6.10 Å². The first kappa shape index (κ1) is 12.3. The highest BCUT2D eigenvalue weighted by molar-refractivity contribution is 5.80. The van der Waals surface area contributed by atoms with Crippen molar-refractivity contribution in [1.29, 1.82) is 0 Å². The first-order chi connectivity index (χ1) is 10.4. The van der Waals surface area contributed by atoms with E-state index >= 15 is 0 Å². The van der Waals surface area contributed by atoms with E-state index in [-0.39, 0.29) is 0 Å². The van der Waals surface area contributed by atoms with Gasteiger partial charge in [0.2, 0.25) is 0 Å². The third-order valence-electron chi connectivity index (χ3n) is 3.62. The molecule has 1 atom stereocenters. The quantitative estimate of drug-likeness (QED) is 0.687. The predicted molar refractivity (Wildman–Crippen MR) is 82.7 cm³/mol. The van der Waals surface area contributed by atoms with Crippen LogP contribution >= 0.6 is 0 Å². The summed E-state index contributed by atoms with van der Waals surface area (Å²) in [6, 6.07) is 16.5. The van der Waals surface area contributed by atoms with Crippen LogP contribution in [0.5, 0.6) is 0 Å². The number of ether oxygens (including phenoxy) is 1. The lowest BCUT2D eigenvalue weighted by atomic mass is 10.2. The van der Waals surface area contributed by atoms with Crippen LogP contribution in [-0.2, 0) is 4.74 Å². The normalized spacial score (nSPS) is 16.9. The van der Waals surface area contributed by atoms with Crippen molar-refractivity contribution >= 4 is 22.4 Å². The van der Waals surface area contributed by atoms with Crippen molar-refractivity contribution in [3.63, 3.8) is 0 Å². The van der Waals surface area contributed by atoms with Gasteiger partial charge in [0.15, 0.2) is 0 Å². The zero-order chi connectivity index (χ0) is 14.1. The van der Waals surface area contributed by atoms with Crippen molar-refractivity contribution in [2.45, 2.75) is 6.10 Å². The summed E-state index contributed by atoms with van der Waals surface area (Å²) >= 11 is 0. The molecule has 3 aromatic rings. The van der Waals surface area contributed by atoms with E-state index in [9.17, 15) is 0 Å². The van der Waals surface area contributed by atoms with Gasteiger partial charge >= 0.3 is 0 Å². The number of nitrogens with zero attached hydrogens (tertiary/aromatic N) is 3. The number of para-hydroxylation sites is 1. The molecule has 1 aliphatic rings. The third-order valence-corrected chi connectivity index (χ3v) is 3.62. The Morgan fingerprint density at radius 2 is 1.71 bits per heavy atom. The van der Waals surface area contributed by atoms with Crippen LogP contribution < -0.4 is 4.90 Å². The summed E-state index contributed by atoms with van der Waals surface area (Å²) in [4.78, 5) is 11.0. The van der Waals surface area contributed by atoms with Gasteiger partial charge in [-0.1, -0.05) is 18.2 Å². The molecule has 0 amide bonds. The maximum atomic E-state index is 5.40. The van der Waals surface area contributed by atoms with Crippen LogP contribution in [0, 0.1) is 0 Å². The fourth-order valence-electron chi connectivity index (χ4n) is 2.46. The van der Waals surface area contributed by atoms with Crippen LogP contribution in [0.3, 0.4) is 0 Å². The minimum Gasteiger partial charge on any atom is -0.371 e. The molecule has 104 valence electrons. The second kappa shape index (κ2) is 5.14. The van der Waals surface area contributed by atoms with Gasteiger partial charge in [-0.2, -0.15) is 0 Å². The third kappa shape index (κ3) is 2.58. The van der Waals surface area contributed by atoms with E-state index in [1.807, 2.05) is 12.1 Å². The van der Waals surface area contributed by atoms with Gasteiger partial charge in [-0.05, 0) is 30.3 Å². The molecule has 2 aromatic carbocycles. The molecule has 1 saturated heterocycles. The molecular formula is C17H15N3O. The summed E-state index contributed by atoms with van der Waals surface area (Å²) in [5.74, 6) is 0. The Morgan fingerprint density at radius 1 is 0.952 bits per heavy atom. The number of anilines is 2. The van der Waals surface area contributed by atoms with Crippen LogP contribution in [0.2, 0.25) is 0 Å². The standard InChI is InChI=1S/C17H15N3O/c1-2-4-13(5-3-1)20(11-15-12-21-15)14-6-7-16-17(10-14)19-9-8-18-16/h1-10,15H,11-12H2.